The van der Waals surface area contributed by atoms with E-state index in [1.54, 1.807) is 12.4 Å². The van der Waals surface area contributed by atoms with Crippen LogP contribution in [0.15, 0.2) is 29.4 Å². The average Bonchev–Trinajstić information content (AvgIpc) is 2.64. The summed E-state index contributed by atoms with van der Waals surface area (Å²) in [5, 5.41) is 2.84. The highest BCUT2D eigenvalue weighted by Crippen LogP contribution is 2.18. The van der Waals surface area contributed by atoms with E-state index in [0.29, 0.717) is 31.9 Å². The summed E-state index contributed by atoms with van der Waals surface area (Å²) in [5.74, 6) is 0.318. The van der Waals surface area contributed by atoms with Gasteiger partial charge in [-0.3, -0.25) is 24.4 Å². The molecule has 8 nitrogen and oxygen atoms in total. The van der Waals surface area contributed by atoms with Gasteiger partial charge in [-0.1, -0.05) is 0 Å². The molecular weight excluding hydrogens is 342 g/mol. The molecular formula is C16H21N5O3S. The molecule has 0 spiro atoms. The number of thioether (sulfide) groups is 1. The molecule has 2 saturated heterocycles. The van der Waals surface area contributed by atoms with Crippen molar-refractivity contribution in [2.45, 2.75) is 17.5 Å². The van der Waals surface area contributed by atoms with E-state index >= 15 is 0 Å². The van der Waals surface area contributed by atoms with Gasteiger partial charge >= 0.3 is 6.03 Å². The molecule has 1 unspecified atom stereocenters. The highest BCUT2D eigenvalue weighted by atomic mass is 32.2. The first-order valence-corrected chi connectivity index (χ1v) is 9.15. The largest absolute Gasteiger partial charge is 0.339 e. The molecule has 1 N–H and O–H groups in total. The molecule has 0 saturated carbocycles. The minimum absolute atomic E-state index is 0.102. The molecule has 0 radical (unpaired) electrons. The van der Waals surface area contributed by atoms with Gasteiger partial charge in [0.2, 0.25) is 11.8 Å². The van der Waals surface area contributed by atoms with E-state index in [0.717, 1.165) is 9.80 Å². The normalized spacial score (nSPS) is 22.0. The Bertz CT molecular complexity index is 630. The number of imide groups is 1. The van der Waals surface area contributed by atoms with Crippen molar-refractivity contribution in [1.82, 2.24) is 25.0 Å². The zero-order valence-electron chi connectivity index (χ0n) is 14.1. The number of nitrogens with one attached hydrogen (secondary N) is 1. The first kappa shape index (κ1) is 17.7. The number of nitrogens with zero attached hydrogens (tertiary/aromatic N) is 4. The molecule has 0 aliphatic carbocycles. The van der Waals surface area contributed by atoms with Gasteiger partial charge in [-0.2, -0.15) is 0 Å². The third kappa shape index (κ3) is 4.29. The molecule has 2 fully saturated rings. The molecule has 2 aliphatic heterocycles. The highest BCUT2D eigenvalue weighted by molar-refractivity contribution is 8.00. The molecule has 3 rings (SSSR count). The monoisotopic (exact) mass is 363 g/mol. The van der Waals surface area contributed by atoms with Crippen molar-refractivity contribution in [1.29, 1.82) is 0 Å². The quantitative estimate of drug-likeness (QED) is 0.770. The predicted molar refractivity (Wildman–Crippen MR) is 92.8 cm³/mol. The number of urea groups is 1. The summed E-state index contributed by atoms with van der Waals surface area (Å²) in [7, 11) is 1.48. The maximum atomic E-state index is 12.3. The Kier molecular flexibility index (Phi) is 5.54. The average molecular weight is 363 g/mol. The van der Waals surface area contributed by atoms with Gasteiger partial charge in [-0.25, -0.2) is 4.79 Å². The lowest BCUT2D eigenvalue weighted by molar-refractivity contribution is -0.134. The second-order valence-corrected chi connectivity index (χ2v) is 7.06. The summed E-state index contributed by atoms with van der Waals surface area (Å²) < 4.78 is 0. The van der Waals surface area contributed by atoms with Crippen LogP contribution < -0.4 is 5.32 Å². The van der Waals surface area contributed by atoms with Crippen LogP contribution in [0, 0.1) is 0 Å². The SMILES string of the molecule is CN1C(=O)CC(N2CCN(C(=O)CSc3ccncc3)CC2)NC1=O. The van der Waals surface area contributed by atoms with Crippen molar-refractivity contribution >= 4 is 29.6 Å². The lowest BCUT2D eigenvalue weighted by atomic mass is 10.2. The van der Waals surface area contributed by atoms with E-state index in [9.17, 15) is 14.4 Å². The predicted octanol–water partition coefficient (Wildman–Crippen LogP) is 0.216. The molecule has 3 heterocycles. The Morgan fingerprint density at radius 1 is 1.24 bits per heavy atom. The highest BCUT2D eigenvalue weighted by Gasteiger charge is 2.34. The first-order valence-electron chi connectivity index (χ1n) is 8.16. The molecule has 2 aliphatic rings. The molecule has 1 aromatic rings. The molecule has 1 aromatic heterocycles. The molecule has 9 heteroatoms. The summed E-state index contributed by atoms with van der Waals surface area (Å²) in [4.78, 5) is 45.9. The molecule has 0 aromatic carbocycles. The minimum Gasteiger partial charge on any atom is -0.339 e. The van der Waals surface area contributed by atoms with Crippen LogP contribution in [0.25, 0.3) is 0 Å². The lowest BCUT2D eigenvalue weighted by Crippen LogP contribution is -2.62. The van der Waals surface area contributed by atoms with Crippen LogP contribution in [0.1, 0.15) is 6.42 Å². The fourth-order valence-corrected chi connectivity index (χ4v) is 3.67. The number of carbonyl (C=O) groups excluding carboxylic acids is 3. The van der Waals surface area contributed by atoms with Crippen molar-refractivity contribution in [3.05, 3.63) is 24.5 Å². The second kappa shape index (κ2) is 7.83. The van der Waals surface area contributed by atoms with Crippen LogP contribution in [0.5, 0.6) is 0 Å². The van der Waals surface area contributed by atoms with E-state index in [-0.39, 0.29) is 30.4 Å². The Morgan fingerprint density at radius 2 is 1.92 bits per heavy atom. The summed E-state index contributed by atoms with van der Waals surface area (Å²) in [6.45, 7) is 2.50. The van der Waals surface area contributed by atoms with Gasteiger partial charge in [-0.05, 0) is 12.1 Å². The molecule has 4 amide bonds. The first-order chi connectivity index (χ1) is 12.0. The number of rotatable bonds is 4. The topological polar surface area (TPSA) is 85.8 Å². The number of pyridine rings is 1. The number of carbonyl (C=O) groups is 3. The third-order valence-corrected chi connectivity index (χ3v) is 5.45. The van der Waals surface area contributed by atoms with E-state index in [1.165, 1.54) is 18.8 Å². The fraction of sp³-hybridized carbons (Fsp3) is 0.500. The van der Waals surface area contributed by atoms with Gasteiger partial charge in [0, 0.05) is 50.5 Å². The van der Waals surface area contributed by atoms with E-state index in [4.69, 9.17) is 0 Å². The molecule has 1 atom stereocenters. The standard InChI is InChI=1S/C16H21N5O3S/c1-19-14(22)10-13(18-16(19)24)20-6-8-21(9-7-20)15(23)11-25-12-2-4-17-5-3-12/h2-5,13H,6-11H2,1H3,(H,18,24). The Labute approximate surface area is 150 Å². The Morgan fingerprint density at radius 3 is 2.56 bits per heavy atom. The van der Waals surface area contributed by atoms with Gasteiger partial charge < -0.3 is 10.2 Å². The van der Waals surface area contributed by atoms with Crippen LogP contribution in [-0.4, -0.2) is 82.7 Å². The number of piperazine rings is 1. The summed E-state index contributed by atoms with van der Waals surface area (Å²) >= 11 is 1.50. The maximum absolute atomic E-state index is 12.3. The van der Waals surface area contributed by atoms with Gasteiger partial charge in [0.05, 0.1) is 18.3 Å². The number of hydrogen-bond acceptors (Lipinski definition) is 6. The molecule has 0 bridgehead atoms. The van der Waals surface area contributed by atoms with Crippen molar-refractivity contribution < 1.29 is 14.4 Å². The zero-order chi connectivity index (χ0) is 17.8. The number of hydrogen-bond donors (Lipinski definition) is 1. The summed E-state index contributed by atoms with van der Waals surface area (Å²) in [6, 6.07) is 3.40. The van der Waals surface area contributed by atoms with Crippen molar-refractivity contribution in [2.75, 3.05) is 39.0 Å². The Hall–Kier alpha value is -2.13. The van der Waals surface area contributed by atoms with Crippen molar-refractivity contribution in [3.63, 3.8) is 0 Å². The van der Waals surface area contributed by atoms with Gasteiger partial charge in [0.15, 0.2) is 0 Å². The van der Waals surface area contributed by atoms with Crippen LogP contribution in [0.2, 0.25) is 0 Å². The van der Waals surface area contributed by atoms with Gasteiger partial charge in [0.25, 0.3) is 0 Å². The fourth-order valence-electron chi connectivity index (χ4n) is 2.88. The van der Waals surface area contributed by atoms with Crippen molar-refractivity contribution in [2.24, 2.45) is 0 Å². The van der Waals surface area contributed by atoms with E-state index in [1.807, 2.05) is 17.0 Å². The summed E-state index contributed by atoms with van der Waals surface area (Å²) in [5.41, 5.74) is 0. The van der Waals surface area contributed by atoms with Gasteiger partial charge in [-0.15, -0.1) is 11.8 Å². The zero-order valence-corrected chi connectivity index (χ0v) is 14.9. The van der Waals surface area contributed by atoms with E-state index < -0.39 is 0 Å². The van der Waals surface area contributed by atoms with Crippen molar-refractivity contribution in [3.8, 4) is 0 Å². The minimum atomic E-state index is -0.367. The molecule has 25 heavy (non-hydrogen) atoms. The second-order valence-electron chi connectivity index (χ2n) is 6.01. The Balaban J connectivity index is 1.46. The van der Waals surface area contributed by atoms with Crippen LogP contribution in [-0.2, 0) is 9.59 Å². The smallest absolute Gasteiger partial charge is 0.325 e. The number of amides is 4. The van der Waals surface area contributed by atoms with Crippen LogP contribution >= 0.6 is 11.8 Å². The van der Waals surface area contributed by atoms with Crippen LogP contribution in [0.4, 0.5) is 4.79 Å². The lowest BCUT2D eigenvalue weighted by Gasteiger charge is -2.41. The van der Waals surface area contributed by atoms with E-state index in [2.05, 4.69) is 15.2 Å². The van der Waals surface area contributed by atoms with Gasteiger partial charge in [0.1, 0.15) is 0 Å². The maximum Gasteiger partial charge on any atom is 0.325 e. The van der Waals surface area contributed by atoms with Crippen LogP contribution in [0.3, 0.4) is 0 Å². The molecule has 134 valence electrons. The number of aromatic nitrogens is 1. The summed E-state index contributed by atoms with van der Waals surface area (Å²) in [6.07, 6.45) is 3.42. The third-order valence-electron chi connectivity index (χ3n) is 4.46.